The zero-order valence-electron chi connectivity index (χ0n) is 15.8. The first-order valence-electron chi connectivity index (χ1n) is 8.90. The predicted octanol–water partition coefficient (Wildman–Crippen LogP) is 1.35. The maximum atomic E-state index is 12.7. The number of nitrogens with zero attached hydrogens (tertiary/aromatic N) is 1. The Hall–Kier alpha value is -1.96. The van der Waals surface area contributed by atoms with Gasteiger partial charge in [0.15, 0.2) is 6.29 Å². The van der Waals surface area contributed by atoms with Gasteiger partial charge in [-0.15, -0.1) is 0 Å². The molecule has 1 aromatic carbocycles. The Kier molecular flexibility index (Phi) is 10.5. The number of carbonyl (C=O) groups is 2. The molecule has 0 aliphatic heterocycles. The second-order valence-corrected chi connectivity index (χ2v) is 5.75. The Morgan fingerprint density at radius 1 is 1.12 bits per heavy atom. The Morgan fingerprint density at radius 3 is 2.27 bits per heavy atom. The zero-order chi connectivity index (χ0) is 19.4. The first kappa shape index (κ1) is 22.1. The number of esters is 1. The van der Waals surface area contributed by atoms with E-state index in [1.807, 2.05) is 44.2 Å². The molecule has 0 heterocycles. The Bertz CT molecular complexity index is 532. The number of methoxy groups -OCH3 is 1. The topological polar surface area (TPSA) is 91.1 Å². The van der Waals surface area contributed by atoms with Crippen LogP contribution in [0.1, 0.15) is 25.8 Å². The highest BCUT2D eigenvalue weighted by Crippen LogP contribution is 2.08. The molecule has 0 aromatic heterocycles. The number of rotatable bonds is 12. The number of ether oxygens (including phenoxy) is 3. The van der Waals surface area contributed by atoms with E-state index in [1.165, 1.54) is 7.11 Å². The molecule has 0 aliphatic carbocycles. The van der Waals surface area contributed by atoms with E-state index < -0.39 is 18.3 Å². The van der Waals surface area contributed by atoms with E-state index >= 15 is 0 Å². The smallest absolute Gasteiger partial charge is 0.307 e. The van der Waals surface area contributed by atoms with Crippen LogP contribution in [0.5, 0.6) is 0 Å². The third-order valence-electron chi connectivity index (χ3n) is 3.83. The lowest BCUT2D eigenvalue weighted by atomic mass is 10.1. The molecule has 1 aromatic rings. The fourth-order valence-corrected chi connectivity index (χ4v) is 2.49. The molecule has 1 amide bonds. The molecule has 0 saturated heterocycles. The molecule has 26 heavy (non-hydrogen) atoms. The van der Waals surface area contributed by atoms with Crippen LogP contribution in [0.25, 0.3) is 0 Å². The highest BCUT2D eigenvalue weighted by molar-refractivity contribution is 5.86. The van der Waals surface area contributed by atoms with Crippen LogP contribution >= 0.6 is 0 Å². The maximum Gasteiger partial charge on any atom is 0.307 e. The Morgan fingerprint density at radius 2 is 1.73 bits per heavy atom. The van der Waals surface area contributed by atoms with Crippen LogP contribution in [0.15, 0.2) is 30.3 Å². The van der Waals surface area contributed by atoms with E-state index in [0.717, 1.165) is 5.56 Å². The van der Waals surface area contributed by atoms with E-state index in [1.54, 1.807) is 4.90 Å². The normalized spacial score (nSPS) is 12.0. The monoisotopic (exact) mass is 366 g/mol. The molecular weight excluding hydrogens is 336 g/mol. The van der Waals surface area contributed by atoms with Crippen molar-refractivity contribution in [2.75, 3.05) is 33.4 Å². The number of hydrogen-bond donors (Lipinski definition) is 1. The van der Waals surface area contributed by atoms with E-state index in [0.29, 0.717) is 26.2 Å². The Labute approximate surface area is 155 Å². The highest BCUT2D eigenvalue weighted by Gasteiger charge is 2.26. The average Bonchev–Trinajstić information content (AvgIpc) is 2.65. The predicted molar refractivity (Wildman–Crippen MR) is 98.4 cm³/mol. The summed E-state index contributed by atoms with van der Waals surface area (Å²) in [4.78, 5) is 25.8. The maximum absolute atomic E-state index is 12.7. The summed E-state index contributed by atoms with van der Waals surface area (Å²) in [5.74, 6) is -0.837. The van der Waals surface area contributed by atoms with Crippen molar-refractivity contribution < 1.29 is 23.8 Å². The largest absolute Gasteiger partial charge is 0.469 e. The zero-order valence-corrected chi connectivity index (χ0v) is 15.8. The molecule has 7 heteroatoms. The van der Waals surface area contributed by atoms with Crippen LogP contribution in [0.4, 0.5) is 0 Å². The lowest BCUT2D eigenvalue weighted by molar-refractivity contribution is -0.160. The molecule has 0 unspecified atom stereocenters. The van der Waals surface area contributed by atoms with Gasteiger partial charge in [-0.2, -0.15) is 0 Å². The quantitative estimate of drug-likeness (QED) is 0.443. The Balaban J connectivity index is 2.81. The molecule has 0 fully saturated rings. The van der Waals surface area contributed by atoms with E-state index in [9.17, 15) is 9.59 Å². The molecule has 7 nitrogen and oxygen atoms in total. The van der Waals surface area contributed by atoms with Crippen molar-refractivity contribution in [2.45, 2.75) is 39.0 Å². The van der Waals surface area contributed by atoms with Crippen molar-refractivity contribution in [3.05, 3.63) is 35.9 Å². The summed E-state index contributed by atoms with van der Waals surface area (Å²) in [5, 5.41) is 0. The lowest BCUT2D eigenvalue weighted by Crippen LogP contribution is -2.49. The fraction of sp³-hybridized carbons (Fsp3) is 0.579. The van der Waals surface area contributed by atoms with E-state index in [-0.39, 0.29) is 18.9 Å². The summed E-state index contributed by atoms with van der Waals surface area (Å²) in [6.45, 7) is 5.38. The number of benzene rings is 1. The van der Waals surface area contributed by atoms with Crippen molar-refractivity contribution in [3.63, 3.8) is 0 Å². The van der Waals surface area contributed by atoms with Crippen LogP contribution in [-0.4, -0.2) is 62.5 Å². The fourth-order valence-electron chi connectivity index (χ4n) is 2.49. The lowest BCUT2D eigenvalue weighted by Gasteiger charge is -2.29. The molecule has 1 rings (SSSR count). The number of hydrogen-bond acceptors (Lipinski definition) is 6. The SMILES string of the molecule is CCOC(CN(CCc1ccccc1)C(=O)[C@@H](N)CC(=O)OC)OCC. The second-order valence-electron chi connectivity index (χ2n) is 5.75. The van der Waals surface area contributed by atoms with Gasteiger partial charge in [0.1, 0.15) is 0 Å². The molecular formula is C19H30N2O5. The summed E-state index contributed by atoms with van der Waals surface area (Å²) >= 11 is 0. The average molecular weight is 366 g/mol. The van der Waals surface area contributed by atoms with Gasteiger partial charge < -0.3 is 24.8 Å². The molecule has 0 aliphatic rings. The van der Waals surface area contributed by atoms with Gasteiger partial charge in [0, 0.05) is 19.8 Å². The molecule has 146 valence electrons. The van der Waals surface area contributed by atoms with Gasteiger partial charge in [-0.3, -0.25) is 9.59 Å². The summed E-state index contributed by atoms with van der Waals surface area (Å²) < 4.78 is 15.7. The van der Waals surface area contributed by atoms with Gasteiger partial charge in [-0.25, -0.2) is 0 Å². The minimum atomic E-state index is -0.956. The van der Waals surface area contributed by atoms with Crippen molar-refractivity contribution in [1.29, 1.82) is 0 Å². The van der Waals surface area contributed by atoms with Crippen LogP contribution in [-0.2, 0) is 30.2 Å². The first-order chi connectivity index (χ1) is 12.5. The molecule has 0 saturated carbocycles. The number of amides is 1. The summed E-state index contributed by atoms with van der Waals surface area (Å²) in [7, 11) is 1.27. The summed E-state index contributed by atoms with van der Waals surface area (Å²) in [6, 6.07) is 8.89. The van der Waals surface area contributed by atoms with Crippen LogP contribution in [0.2, 0.25) is 0 Å². The minimum absolute atomic E-state index is 0.162. The van der Waals surface area contributed by atoms with Crippen LogP contribution in [0, 0.1) is 0 Å². The molecule has 0 radical (unpaired) electrons. The summed E-state index contributed by atoms with van der Waals surface area (Å²) in [6.07, 6.45) is -0.0248. The number of nitrogens with two attached hydrogens (primary N) is 1. The van der Waals surface area contributed by atoms with Crippen molar-refractivity contribution >= 4 is 11.9 Å². The van der Waals surface area contributed by atoms with Gasteiger partial charge >= 0.3 is 5.97 Å². The highest BCUT2D eigenvalue weighted by atomic mass is 16.7. The van der Waals surface area contributed by atoms with Gasteiger partial charge in [-0.1, -0.05) is 30.3 Å². The van der Waals surface area contributed by atoms with E-state index in [2.05, 4.69) is 4.74 Å². The van der Waals surface area contributed by atoms with Gasteiger partial charge in [-0.05, 0) is 25.8 Å². The molecule has 0 spiro atoms. The van der Waals surface area contributed by atoms with Crippen molar-refractivity contribution in [2.24, 2.45) is 5.73 Å². The van der Waals surface area contributed by atoms with Gasteiger partial charge in [0.2, 0.25) is 5.91 Å². The summed E-state index contributed by atoms with van der Waals surface area (Å²) in [5.41, 5.74) is 7.02. The first-order valence-corrected chi connectivity index (χ1v) is 8.90. The standard InChI is InChI=1S/C19H30N2O5/c1-4-25-18(26-5-2)14-21(12-11-15-9-7-6-8-10-15)19(23)16(20)13-17(22)24-3/h6-10,16,18H,4-5,11-14,20H2,1-3H3/t16-/m0/s1. The van der Waals surface area contributed by atoms with Gasteiger partial charge in [0.05, 0.1) is 26.1 Å². The van der Waals surface area contributed by atoms with Crippen LogP contribution in [0.3, 0.4) is 0 Å². The third kappa shape index (κ3) is 7.95. The second kappa shape index (κ2) is 12.4. The molecule has 0 bridgehead atoms. The van der Waals surface area contributed by atoms with Crippen molar-refractivity contribution in [1.82, 2.24) is 4.90 Å². The van der Waals surface area contributed by atoms with Gasteiger partial charge in [0.25, 0.3) is 0 Å². The van der Waals surface area contributed by atoms with Crippen molar-refractivity contribution in [3.8, 4) is 0 Å². The van der Waals surface area contributed by atoms with E-state index in [4.69, 9.17) is 15.2 Å². The molecule has 2 N–H and O–H groups in total. The number of carbonyl (C=O) groups excluding carboxylic acids is 2. The minimum Gasteiger partial charge on any atom is -0.469 e. The third-order valence-corrected chi connectivity index (χ3v) is 3.83. The van der Waals surface area contributed by atoms with Crippen LogP contribution < -0.4 is 5.73 Å². The molecule has 1 atom stereocenters.